The molecule has 21 heavy (non-hydrogen) atoms. The van der Waals surface area contributed by atoms with Gasteiger partial charge in [0.15, 0.2) is 17.8 Å². The highest BCUT2D eigenvalue weighted by atomic mass is 35.5. The lowest BCUT2D eigenvalue weighted by atomic mass is 10.1. The largest absolute Gasteiger partial charge is 0.443 e. The van der Waals surface area contributed by atoms with Crippen LogP contribution in [0.25, 0.3) is 11.3 Å². The van der Waals surface area contributed by atoms with Gasteiger partial charge in [-0.1, -0.05) is 23.7 Å². The number of amides is 1. The zero-order valence-electron chi connectivity index (χ0n) is 11.5. The Balaban J connectivity index is 1.92. The van der Waals surface area contributed by atoms with Gasteiger partial charge in [0.25, 0.3) is 5.91 Å². The molecule has 110 valence electrons. The predicted octanol–water partition coefficient (Wildman–Crippen LogP) is 2.56. The van der Waals surface area contributed by atoms with Crippen molar-refractivity contribution < 1.29 is 9.21 Å². The second-order valence-electron chi connectivity index (χ2n) is 5.16. The zero-order valence-corrected chi connectivity index (χ0v) is 12.2. The van der Waals surface area contributed by atoms with Crippen molar-refractivity contribution >= 4 is 17.5 Å². The Morgan fingerprint density at radius 2 is 2.24 bits per heavy atom. The number of oxazole rings is 1. The number of carbonyl (C=O) groups is 1. The maximum Gasteiger partial charge on any atom is 0.276 e. The lowest BCUT2D eigenvalue weighted by Gasteiger charge is -2.30. The fourth-order valence-corrected chi connectivity index (χ4v) is 2.80. The van der Waals surface area contributed by atoms with E-state index in [9.17, 15) is 4.79 Å². The Morgan fingerprint density at radius 1 is 1.43 bits per heavy atom. The van der Waals surface area contributed by atoms with E-state index in [0.717, 1.165) is 12.8 Å². The number of halogens is 1. The average Bonchev–Trinajstić information content (AvgIpc) is 2.96. The molecule has 1 amide bonds. The van der Waals surface area contributed by atoms with Gasteiger partial charge < -0.3 is 15.1 Å². The first kappa shape index (κ1) is 14.1. The van der Waals surface area contributed by atoms with Crippen molar-refractivity contribution in [3.8, 4) is 11.3 Å². The van der Waals surface area contributed by atoms with E-state index in [4.69, 9.17) is 21.8 Å². The van der Waals surface area contributed by atoms with Crippen molar-refractivity contribution in [3.05, 3.63) is 41.4 Å². The number of likely N-dealkylation sites (tertiary alicyclic amines) is 1. The summed E-state index contributed by atoms with van der Waals surface area (Å²) in [5.41, 5.74) is 6.89. The van der Waals surface area contributed by atoms with Gasteiger partial charge in [-0.3, -0.25) is 4.79 Å². The molecule has 0 aliphatic carbocycles. The van der Waals surface area contributed by atoms with E-state index in [0.29, 0.717) is 29.4 Å². The van der Waals surface area contributed by atoms with Crippen LogP contribution in [0.1, 0.15) is 23.3 Å². The van der Waals surface area contributed by atoms with Gasteiger partial charge in [-0.2, -0.15) is 0 Å². The molecule has 2 heterocycles. The number of rotatable bonds is 2. The van der Waals surface area contributed by atoms with Crippen molar-refractivity contribution in [1.29, 1.82) is 0 Å². The lowest BCUT2D eigenvalue weighted by Crippen LogP contribution is -2.45. The Bertz CT molecular complexity index is 656. The summed E-state index contributed by atoms with van der Waals surface area (Å²) in [4.78, 5) is 18.4. The van der Waals surface area contributed by atoms with Crippen LogP contribution in [0.5, 0.6) is 0 Å². The van der Waals surface area contributed by atoms with Crippen molar-refractivity contribution in [3.63, 3.8) is 0 Å². The topological polar surface area (TPSA) is 72.4 Å². The number of nitrogens with zero attached hydrogens (tertiary/aromatic N) is 2. The van der Waals surface area contributed by atoms with Crippen LogP contribution in [0.3, 0.4) is 0 Å². The zero-order chi connectivity index (χ0) is 14.8. The maximum atomic E-state index is 12.6. The van der Waals surface area contributed by atoms with Crippen LogP contribution in [0.2, 0.25) is 5.02 Å². The predicted molar refractivity (Wildman–Crippen MR) is 80.1 cm³/mol. The van der Waals surface area contributed by atoms with Crippen molar-refractivity contribution in [2.75, 3.05) is 13.1 Å². The molecule has 1 fully saturated rings. The number of nitrogens with two attached hydrogens (primary N) is 1. The van der Waals surface area contributed by atoms with Crippen LogP contribution in [0.4, 0.5) is 0 Å². The molecule has 3 rings (SSSR count). The van der Waals surface area contributed by atoms with Crippen molar-refractivity contribution in [2.24, 2.45) is 5.73 Å². The van der Waals surface area contributed by atoms with Gasteiger partial charge in [-0.15, -0.1) is 0 Å². The first-order valence-electron chi connectivity index (χ1n) is 6.90. The highest BCUT2D eigenvalue weighted by Crippen LogP contribution is 2.30. The molecular formula is C15H16ClN3O2. The molecule has 0 saturated carbocycles. The normalized spacial score (nSPS) is 18.8. The molecule has 1 aliphatic heterocycles. The molecule has 1 atom stereocenters. The van der Waals surface area contributed by atoms with Crippen molar-refractivity contribution in [1.82, 2.24) is 9.88 Å². The van der Waals surface area contributed by atoms with Crippen LogP contribution in [-0.2, 0) is 0 Å². The van der Waals surface area contributed by atoms with Crippen LogP contribution in [-0.4, -0.2) is 34.9 Å². The van der Waals surface area contributed by atoms with Gasteiger partial charge in [0.05, 0.1) is 5.02 Å². The monoisotopic (exact) mass is 305 g/mol. The molecule has 5 nitrogen and oxygen atoms in total. The van der Waals surface area contributed by atoms with Gasteiger partial charge in [-0.05, 0) is 25.0 Å². The van der Waals surface area contributed by atoms with E-state index < -0.39 is 0 Å². The standard InChI is InChI=1S/C15H16ClN3O2/c16-12-6-2-1-5-11(12)14-13(18-9-21-14)15(20)19-7-3-4-10(17)8-19/h1-2,5-6,9-10H,3-4,7-8,17H2/t10-/m1/s1. The van der Waals surface area contributed by atoms with Crippen LogP contribution >= 0.6 is 11.6 Å². The SMILES string of the molecule is N[C@@H]1CCCN(C(=O)c2ncoc2-c2ccccc2Cl)C1. The van der Waals surface area contributed by atoms with E-state index in [1.807, 2.05) is 18.2 Å². The Hall–Kier alpha value is -1.85. The summed E-state index contributed by atoms with van der Waals surface area (Å²) >= 11 is 6.17. The summed E-state index contributed by atoms with van der Waals surface area (Å²) in [7, 11) is 0. The summed E-state index contributed by atoms with van der Waals surface area (Å²) < 4.78 is 5.40. The molecule has 6 heteroatoms. The van der Waals surface area contributed by atoms with Gasteiger partial charge in [0.2, 0.25) is 0 Å². The molecular weight excluding hydrogens is 290 g/mol. The maximum absolute atomic E-state index is 12.6. The number of piperidine rings is 1. The molecule has 0 unspecified atom stereocenters. The van der Waals surface area contributed by atoms with E-state index >= 15 is 0 Å². The molecule has 0 bridgehead atoms. The summed E-state index contributed by atoms with van der Waals surface area (Å²) in [5, 5.41) is 0.527. The minimum absolute atomic E-state index is 0.0263. The quantitative estimate of drug-likeness (QED) is 0.925. The number of benzene rings is 1. The first-order chi connectivity index (χ1) is 10.2. The van der Waals surface area contributed by atoms with Gasteiger partial charge >= 0.3 is 0 Å². The Kier molecular flexibility index (Phi) is 3.94. The van der Waals surface area contributed by atoms with Gasteiger partial charge in [0, 0.05) is 24.7 Å². The van der Waals surface area contributed by atoms with E-state index in [-0.39, 0.29) is 17.6 Å². The number of hydrogen-bond donors (Lipinski definition) is 1. The minimum atomic E-state index is -0.159. The van der Waals surface area contributed by atoms with E-state index in [2.05, 4.69) is 4.98 Å². The third kappa shape index (κ3) is 2.80. The highest BCUT2D eigenvalue weighted by molar-refractivity contribution is 6.33. The third-order valence-electron chi connectivity index (χ3n) is 3.63. The van der Waals surface area contributed by atoms with Crippen molar-refractivity contribution in [2.45, 2.75) is 18.9 Å². The number of carbonyl (C=O) groups excluding carboxylic acids is 1. The summed E-state index contributed by atoms with van der Waals surface area (Å²) in [6, 6.07) is 7.26. The number of hydrogen-bond acceptors (Lipinski definition) is 4. The number of aromatic nitrogens is 1. The molecule has 0 spiro atoms. The molecule has 0 radical (unpaired) electrons. The van der Waals surface area contributed by atoms with E-state index in [1.165, 1.54) is 6.39 Å². The molecule has 1 saturated heterocycles. The van der Waals surface area contributed by atoms with Crippen LogP contribution < -0.4 is 5.73 Å². The Labute approximate surface area is 127 Å². The molecule has 1 aromatic heterocycles. The highest BCUT2D eigenvalue weighted by Gasteiger charge is 2.27. The summed E-state index contributed by atoms with van der Waals surface area (Å²) in [6.07, 6.45) is 3.13. The van der Waals surface area contributed by atoms with Gasteiger partial charge in [-0.25, -0.2) is 4.98 Å². The molecule has 2 aromatic rings. The summed E-state index contributed by atoms with van der Waals surface area (Å²) in [6.45, 7) is 1.25. The van der Waals surface area contributed by atoms with Crippen LogP contribution in [0.15, 0.2) is 35.1 Å². The molecule has 2 N–H and O–H groups in total. The molecule has 1 aromatic carbocycles. The fraction of sp³-hybridized carbons (Fsp3) is 0.333. The smallest absolute Gasteiger partial charge is 0.276 e. The minimum Gasteiger partial charge on any atom is -0.443 e. The third-order valence-corrected chi connectivity index (χ3v) is 3.96. The van der Waals surface area contributed by atoms with Gasteiger partial charge in [0.1, 0.15) is 0 Å². The second-order valence-corrected chi connectivity index (χ2v) is 5.57. The Morgan fingerprint density at radius 3 is 3.00 bits per heavy atom. The first-order valence-corrected chi connectivity index (χ1v) is 7.28. The summed E-state index contributed by atoms with van der Waals surface area (Å²) in [5.74, 6) is 0.249. The van der Waals surface area contributed by atoms with E-state index in [1.54, 1.807) is 11.0 Å². The van der Waals surface area contributed by atoms with Crippen LogP contribution in [0, 0.1) is 0 Å². The second kappa shape index (κ2) is 5.87. The average molecular weight is 306 g/mol. The fourth-order valence-electron chi connectivity index (χ4n) is 2.58. The lowest BCUT2D eigenvalue weighted by molar-refractivity contribution is 0.0704. The molecule has 1 aliphatic rings.